The van der Waals surface area contributed by atoms with Gasteiger partial charge < -0.3 is 4.90 Å². The molecule has 1 spiro atoms. The Hall–Kier alpha value is -6.15. The Kier molecular flexibility index (Phi) is 8.71. The van der Waals surface area contributed by atoms with Crippen molar-refractivity contribution in [3.05, 3.63) is 210 Å². The molecule has 1 fully saturated rings. The van der Waals surface area contributed by atoms with Crippen LogP contribution in [-0.2, 0) is 5.41 Å². The van der Waals surface area contributed by atoms with E-state index in [-0.39, 0.29) is 5.41 Å². The number of hydrogen-bond acceptors (Lipinski definition) is 1. The zero-order valence-electron chi connectivity index (χ0n) is 33.6. The van der Waals surface area contributed by atoms with Crippen LogP contribution in [0.3, 0.4) is 0 Å². The first kappa shape index (κ1) is 36.0. The number of allylic oxidation sites excluding steroid dienone is 2. The van der Waals surface area contributed by atoms with Gasteiger partial charge in [0.15, 0.2) is 0 Å². The second kappa shape index (κ2) is 14.3. The molecule has 11 rings (SSSR count). The largest absolute Gasteiger partial charge is 0.310 e. The van der Waals surface area contributed by atoms with Gasteiger partial charge in [0.25, 0.3) is 0 Å². The minimum absolute atomic E-state index is 0.267. The molecule has 3 aliphatic carbocycles. The Balaban J connectivity index is 1.12. The van der Waals surface area contributed by atoms with E-state index in [0.29, 0.717) is 17.8 Å². The first-order chi connectivity index (χ1) is 28.9. The third kappa shape index (κ3) is 5.97. The van der Waals surface area contributed by atoms with Crippen LogP contribution in [0.2, 0.25) is 5.02 Å². The number of anilines is 3. The van der Waals surface area contributed by atoms with Crippen molar-refractivity contribution in [3.8, 4) is 44.5 Å². The Morgan fingerprint density at radius 1 is 0.508 bits per heavy atom. The molecule has 4 atom stereocenters. The summed E-state index contributed by atoms with van der Waals surface area (Å²) >= 11 is 7.78. The quantitative estimate of drug-likeness (QED) is 0.152. The Morgan fingerprint density at radius 3 is 1.78 bits per heavy atom. The number of fused-ring (bicyclic) bond motifs is 9. The van der Waals surface area contributed by atoms with Crippen molar-refractivity contribution in [2.45, 2.75) is 38.5 Å². The van der Waals surface area contributed by atoms with E-state index in [1.165, 1.54) is 91.2 Å². The monoisotopic (exact) mass is 779 g/mol. The van der Waals surface area contributed by atoms with Crippen molar-refractivity contribution in [2.24, 2.45) is 17.8 Å². The molecule has 0 saturated heterocycles. The molecular formula is C57H46ClN. The van der Waals surface area contributed by atoms with Gasteiger partial charge in [0, 0.05) is 28.0 Å². The molecular weight excluding hydrogens is 734 g/mol. The van der Waals surface area contributed by atoms with Crippen molar-refractivity contribution in [1.82, 2.24) is 0 Å². The summed E-state index contributed by atoms with van der Waals surface area (Å²) < 4.78 is 0. The topological polar surface area (TPSA) is 3.24 Å². The molecule has 2 bridgehead atoms. The lowest BCUT2D eigenvalue weighted by Gasteiger charge is -2.49. The molecule has 1 nitrogen and oxygen atoms in total. The lowest BCUT2D eigenvalue weighted by Crippen LogP contribution is -2.42. The second-order valence-electron chi connectivity index (χ2n) is 17.3. The van der Waals surface area contributed by atoms with E-state index >= 15 is 0 Å². The van der Waals surface area contributed by atoms with Crippen LogP contribution in [0, 0.1) is 17.8 Å². The summed E-state index contributed by atoms with van der Waals surface area (Å²) in [5.74, 6) is 1.79. The molecule has 59 heavy (non-hydrogen) atoms. The van der Waals surface area contributed by atoms with Gasteiger partial charge in [-0.3, -0.25) is 0 Å². The summed E-state index contributed by atoms with van der Waals surface area (Å²) in [5.41, 5.74) is 17.0. The van der Waals surface area contributed by atoms with Crippen molar-refractivity contribution in [1.29, 1.82) is 0 Å². The zero-order chi connectivity index (χ0) is 39.7. The van der Waals surface area contributed by atoms with Crippen LogP contribution in [0.4, 0.5) is 17.1 Å². The third-order valence-electron chi connectivity index (χ3n) is 13.8. The Morgan fingerprint density at radius 2 is 1.10 bits per heavy atom. The van der Waals surface area contributed by atoms with Gasteiger partial charge in [-0.15, -0.1) is 0 Å². The molecule has 286 valence electrons. The van der Waals surface area contributed by atoms with Crippen LogP contribution in [0.25, 0.3) is 55.3 Å². The average molecular weight is 780 g/mol. The van der Waals surface area contributed by atoms with Gasteiger partial charge >= 0.3 is 0 Å². The van der Waals surface area contributed by atoms with E-state index in [9.17, 15) is 0 Å². The lowest BCUT2D eigenvalue weighted by molar-refractivity contribution is 0.168. The molecule has 8 aromatic carbocycles. The molecule has 2 heteroatoms. The maximum absolute atomic E-state index is 7.78. The highest BCUT2D eigenvalue weighted by molar-refractivity contribution is 6.34. The highest BCUT2D eigenvalue weighted by Crippen LogP contribution is 2.63. The van der Waals surface area contributed by atoms with E-state index in [0.717, 1.165) is 22.1 Å². The first-order valence-electron chi connectivity index (χ1n) is 21.2. The van der Waals surface area contributed by atoms with Gasteiger partial charge in [0.05, 0.1) is 5.02 Å². The predicted molar refractivity (Wildman–Crippen MR) is 250 cm³/mol. The summed E-state index contributed by atoms with van der Waals surface area (Å²) in [4.78, 5) is 2.40. The maximum atomic E-state index is 7.78. The van der Waals surface area contributed by atoms with Crippen molar-refractivity contribution >= 4 is 39.4 Å². The summed E-state index contributed by atoms with van der Waals surface area (Å²) in [6.07, 6.45) is 6.37. The van der Waals surface area contributed by atoms with Crippen LogP contribution in [0.1, 0.15) is 44.2 Å². The molecule has 1 saturated carbocycles. The van der Waals surface area contributed by atoms with E-state index in [1.54, 1.807) is 0 Å². The van der Waals surface area contributed by atoms with Gasteiger partial charge in [-0.1, -0.05) is 170 Å². The normalized spacial score (nSPS) is 20.3. The van der Waals surface area contributed by atoms with Crippen LogP contribution < -0.4 is 4.90 Å². The fraction of sp³-hybridized carbons (Fsp3) is 0.158. The smallest absolute Gasteiger partial charge is 0.0508 e. The van der Waals surface area contributed by atoms with Crippen LogP contribution >= 0.6 is 11.6 Å². The minimum atomic E-state index is -0.267. The Bertz CT molecular complexity index is 2800. The minimum Gasteiger partial charge on any atom is -0.310 e. The van der Waals surface area contributed by atoms with Crippen LogP contribution in [0.15, 0.2) is 194 Å². The molecule has 4 unspecified atom stereocenters. The molecule has 0 radical (unpaired) electrons. The molecule has 0 N–H and O–H groups in total. The fourth-order valence-corrected chi connectivity index (χ4v) is 11.4. The van der Waals surface area contributed by atoms with Gasteiger partial charge in [-0.25, -0.2) is 0 Å². The summed E-state index contributed by atoms with van der Waals surface area (Å²) in [6, 6.07) is 66.6. The predicted octanol–water partition coefficient (Wildman–Crippen LogP) is 16.2. The molecule has 8 aromatic rings. The van der Waals surface area contributed by atoms with E-state index in [2.05, 4.69) is 207 Å². The van der Waals surface area contributed by atoms with E-state index < -0.39 is 0 Å². The fourth-order valence-electron chi connectivity index (χ4n) is 11.1. The first-order valence-corrected chi connectivity index (χ1v) is 21.6. The number of nitrogens with zero attached hydrogens (tertiary/aromatic N) is 1. The number of benzene rings is 8. The maximum Gasteiger partial charge on any atom is 0.0508 e. The van der Waals surface area contributed by atoms with Gasteiger partial charge in [0.1, 0.15) is 0 Å². The van der Waals surface area contributed by atoms with Gasteiger partial charge in [-0.05, 0) is 147 Å². The summed E-state index contributed by atoms with van der Waals surface area (Å²) in [5, 5.41) is 3.33. The molecule has 0 amide bonds. The molecule has 0 heterocycles. The Labute approximate surface area is 353 Å². The summed E-state index contributed by atoms with van der Waals surface area (Å²) in [7, 11) is 0. The second-order valence-corrected chi connectivity index (χ2v) is 17.7. The highest BCUT2D eigenvalue weighted by atomic mass is 35.5. The third-order valence-corrected chi connectivity index (χ3v) is 14.1. The van der Waals surface area contributed by atoms with E-state index in [4.69, 9.17) is 11.6 Å². The van der Waals surface area contributed by atoms with E-state index in [1.807, 2.05) is 0 Å². The highest BCUT2D eigenvalue weighted by Gasteiger charge is 2.53. The number of hydrogen-bond donors (Lipinski definition) is 0. The van der Waals surface area contributed by atoms with Crippen molar-refractivity contribution in [2.75, 3.05) is 4.90 Å². The lowest BCUT2D eigenvalue weighted by atomic mass is 9.55. The average Bonchev–Trinajstić information content (AvgIpc) is 3.56. The van der Waals surface area contributed by atoms with Gasteiger partial charge in [-0.2, -0.15) is 0 Å². The van der Waals surface area contributed by atoms with Crippen LogP contribution in [-0.4, -0.2) is 0 Å². The number of halogens is 1. The zero-order valence-corrected chi connectivity index (χ0v) is 34.3. The number of rotatable bonds is 6. The van der Waals surface area contributed by atoms with Crippen molar-refractivity contribution < 1.29 is 0 Å². The van der Waals surface area contributed by atoms with Crippen LogP contribution in [0.5, 0.6) is 0 Å². The van der Waals surface area contributed by atoms with Gasteiger partial charge in [0.2, 0.25) is 0 Å². The summed E-state index contributed by atoms with van der Waals surface area (Å²) in [6.45, 7) is 4.86. The molecule has 3 aliphatic rings. The SMILES string of the molecule is CC1=CC2(c3ccc(-c4cccc5ccccc45)cc3-c3c(Cl)cc(N(c4ccc(-c5ccccc5)cc4)c4ccc(-c5ccccc5)cc4)cc32)C2CC(C)CC1C2. The standard InChI is InChI=1S/C57H46ClN/c1-37-30-45-32-46(31-37)57(36-38(45)2)53-29-24-44(51-19-11-17-43-16-9-10-18-50(43)51)33-52(53)56-54(57)34-49(35-55(56)58)59(47-25-20-41(21-26-47)39-12-5-3-6-13-39)48-27-22-42(23-28-48)40-14-7-4-8-15-40/h3-29,33-37,45-46H,30-32H2,1-2H3. The van der Waals surface area contributed by atoms with Crippen molar-refractivity contribution in [3.63, 3.8) is 0 Å². The molecule has 0 aromatic heterocycles. The molecule has 0 aliphatic heterocycles.